The third-order valence-corrected chi connectivity index (χ3v) is 30.4. The largest absolute Gasteiger partial charge is 0.496 e. The number of allylic oxidation sites excluding steroid dienone is 12. The number of rotatable bonds is 62. The molecule has 0 heterocycles. The van der Waals surface area contributed by atoms with Crippen LogP contribution in [0.1, 0.15) is 446 Å². The highest BCUT2D eigenvalue weighted by molar-refractivity contribution is 6.24. The van der Waals surface area contributed by atoms with Gasteiger partial charge in [-0.15, -0.1) is 23.2 Å². The molecular formula is C124H210Cl2O10. The zero-order valence-electron chi connectivity index (χ0n) is 95.7. The molecule has 0 radical (unpaired) electrons. The second-order valence-corrected chi connectivity index (χ2v) is 46.0. The molecule has 0 aliphatic carbocycles. The number of halogens is 2. The minimum atomic E-state index is -0.721. The van der Waals surface area contributed by atoms with Gasteiger partial charge in [0.15, 0.2) is 0 Å². The lowest BCUT2D eigenvalue weighted by Gasteiger charge is -2.26. The molecule has 8 unspecified atom stereocenters. The van der Waals surface area contributed by atoms with E-state index in [1.807, 2.05) is 13.8 Å². The fourth-order valence-corrected chi connectivity index (χ4v) is 20.2. The molecule has 2 N–H and O–H groups in total. The van der Waals surface area contributed by atoms with Crippen LogP contribution >= 0.6 is 23.2 Å². The van der Waals surface area contributed by atoms with Gasteiger partial charge in [-0.2, -0.15) is 0 Å². The van der Waals surface area contributed by atoms with Crippen LogP contribution in [0.2, 0.25) is 0 Å². The molecule has 4 aromatic carbocycles. The van der Waals surface area contributed by atoms with Crippen molar-refractivity contribution in [2.24, 2.45) is 35.5 Å². The Morgan fingerprint density at radius 1 is 0.250 bits per heavy atom. The number of alkyl halides is 2. The average molecular weight is 1930 g/mol. The molecule has 0 bridgehead atoms. The summed E-state index contributed by atoms with van der Waals surface area (Å²) in [6.45, 7) is 70.0. The number of benzene rings is 4. The number of aliphatic hydroxyl groups is 2. The first-order valence-corrected chi connectivity index (χ1v) is 54.0. The predicted molar refractivity (Wildman–Crippen MR) is 597 cm³/mol. The highest BCUT2D eigenvalue weighted by Gasteiger charge is 2.30. The summed E-state index contributed by atoms with van der Waals surface area (Å²) in [5.74, 6) is 12.6. The van der Waals surface area contributed by atoms with Crippen LogP contribution in [-0.4, -0.2) is 88.0 Å². The van der Waals surface area contributed by atoms with Crippen molar-refractivity contribution < 1.29 is 48.1 Å². The maximum absolute atomic E-state index is 11.1. The Labute approximate surface area is 849 Å². The van der Waals surface area contributed by atoms with Crippen molar-refractivity contribution in [2.75, 3.05) is 56.9 Å². The number of hydrogen-bond acceptors (Lipinski definition) is 10. The van der Waals surface area contributed by atoms with Gasteiger partial charge in [-0.05, 0) is 410 Å². The van der Waals surface area contributed by atoms with Gasteiger partial charge in [-0.25, -0.2) is 0 Å². The van der Waals surface area contributed by atoms with Crippen LogP contribution in [0.4, 0.5) is 0 Å². The van der Waals surface area contributed by atoms with Gasteiger partial charge in [0.1, 0.15) is 46.0 Å². The van der Waals surface area contributed by atoms with Gasteiger partial charge in [0.2, 0.25) is 0 Å². The molecule has 0 amide bonds. The lowest BCUT2D eigenvalue weighted by Crippen LogP contribution is -2.25. The van der Waals surface area contributed by atoms with Crippen molar-refractivity contribution in [2.45, 2.75) is 487 Å². The summed E-state index contributed by atoms with van der Waals surface area (Å²) >= 11 is 14.0. The second kappa shape index (κ2) is 66.9. The van der Waals surface area contributed by atoms with Crippen molar-refractivity contribution in [3.63, 3.8) is 0 Å². The third-order valence-electron chi connectivity index (χ3n) is 29.6. The molecule has 136 heavy (non-hydrogen) atoms. The van der Waals surface area contributed by atoms with Crippen LogP contribution in [0.3, 0.4) is 0 Å². The van der Waals surface area contributed by atoms with Crippen molar-refractivity contribution in [3.8, 4) is 46.0 Å². The molecule has 0 saturated heterocycles. The van der Waals surface area contributed by atoms with E-state index in [1.54, 1.807) is 56.9 Å². The van der Waals surface area contributed by atoms with E-state index in [0.29, 0.717) is 6.42 Å². The molecule has 4 aromatic rings. The van der Waals surface area contributed by atoms with Crippen molar-refractivity contribution in [3.05, 3.63) is 159 Å². The number of methoxy groups -OCH3 is 8. The summed E-state index contributed by atoms with van der Waals surface area (Å²) in [7, 11) is 13.9. The molecule has 4 rings (SSSR count). The minimum absolute atomic E-state index is 0.186. The molecule has 12 heteroatoms. The molecule has 10 nitrogen and oxygen atoms in total. The van der Waals surface area contributed by atoms with Crippen LogP contribution in [0.15, 0.2) is 69.9 Å². The quantitative estimate of drug-likeness (QED) is 0.0327. The summed E-state index contributed by atoms with van der Waals surface area (Å²) in [6, 6.07) is 0. The van der Waals surface area contributed by atoms with Crippen molar-refractivity contribution in [1.29, 1.82) is 0 Å². The van der Waals surface area contributed by atoms with Gasteiger partial charge >= 0.3 is 0 Å². The van der Waals surface area contributed by atoms with Crippen molar-refractivity contribution >= 4 is 23.2 Å². The summed E-state index contributed by atoms with van der Waals surface area (Å²) in [6.07, 6.45) is 56.4. The van der Waals surface area contributed by atoms with E-state index in [2.05, 4.69) is 244 Å². The summed E-state index contributed by atoms with van der Waals surface area (Å²) in [5, 5.41) is 22.1. The molecular weight excluding hydrogens is 1720 g/mol. The first kappa shape index (κ1) is 128. The Morgan fingerprint density at radius 3 is 0.713 bits per heavy atom. The Balaban J connectivity index is 0.000000907. The Bertz CT molecular complexity index is 4020. The van der Waals surface area contributed by atoms with Crippen LogP contribution in [0, 0.1) is 119 Å². The van der Waals surface area contributed by atoms with Gasteiger partial charge in [-0.3, -0.25) is 0 Å². The zero-order valence-corrected chi connectivity index (χ0v) is 97.2. The Kier molecular flexibility index (Phi) is 63.1. The molecule has 780 valence electrons. The number of ether oxygens (including phenoxy) is 8. The first-order valence-electron chi connectivity index (χ1n) is 53.3. The van der Waals surface area contributed by atoms with Crippen LogP contribution < -0.4 is 37.9 Å². The van der Waals surface area contributed by atoms with E-state index in [-0.39, 0.29) is 9.75 Å². The van der Waals surface area contributed by atoms with E-state index in [9.17, 15) is 10.2 Å². The van der Waals surface area contributed by atoms with E-state index >= 15 is 0 Å². The Morgan fingerprint density at radius 2 is 0.456 bits per heavy atom. The second-order valence-electron chi connectivity index (χ2n) is 44.2. The lowest BCUT2D eigenvalue weighted by molar-refractivity contribution is 0.0384. The van der Waals surface area contributed by atoms with Gasteiger partial charge in [0.05, 0.1) is 68.1 Å². The van der Waals surface area contributed by atoms with E-state index in [4.69, 9.17) is 61.1 Å². The fourth-order valence-electron chi connectivity index (χ4n) is 19.7. The normalized spacial score (nSPS) is 14.7. The van der Waals surface area contributed by atoms with Gasteiger partial charge < -0.3 is 48.1 Å². The summed E-state index contributed by atoms with van der Waals surface area (Å²) in [4.78, 5) is -0.435. The molecule has 0 fully saturated rings. The van der Waals surface area contributed by atoms with E-state index < -0.39 is 11.2 Å². The maximum Gasteiger partial charge on any atom is 0.125 e. The fraction of sp³-hybridized carbons (Fsp3) is 0.710. The SMILES string of the molecule is COc1c(C)c(C)c(OC)c(CCC(C)(Cl)CC/C=C(\C)CC/C=C(\C)CCC=C(C)C)c1C.COc1c(C)c(C)c(OC)c(CCC(C)(Cl)CCCC(C)CCCC(C)CCCC(C)C)c1C.COc1c(C)c(C)c(OC)c(CCC(C)(O)CC/C=C(\C)CC/C=C(\C)CCC=C(C)C)c1C.COc1c(C)c(C)c(OC)c(CCC(C)(O)CCCC(C)CCCC(C)CCCC(C)C)c1C. The molecule has 0 saturated carbocycles. The Hall–Kier alpha value is -5.78. The zero-order chi connectivity index (χ0) is 104. The minimum Gasteiger partial charge on any atom is -0.496 e. The van der Waals surface area contributed by atoms with Crippen LogP contribution in [0.25, 0.3) is 0 Å². The standard InChI is InChI=1S/C31H55ClO2.C31H49ClO2.C31H56O3.C31H50O3/c4*1-22(2)14-11-15-23(3)16-12-17-24(4)18-13-20-31(8,32)21-19-28-27(7)29(33-9)25(5)26(6)30(28)34-10/h22-24H,11-21H2,1-10H3;14,16,18H,11-13,15,17,19-21H2,1-10H3;22-24,32H,11-21H2,1-10H3;14,16,18,32H,11-13,15,17,19-21H2,1-10H3/b;23-16+,24-18+;;23-16+,24-18+. The molecule has 0 spiro atoms. The van der Waals surface area contributed by atoms with E-state index in [1.165, 1.54) is 158 Å². The van der Waals surface area contributed by atoms with Crippen molar-refractivity contribution in [1.82, 2.24) is 0 Å². The monoisotopic (exact) mass is 1930 g/mol. The molecule has 0 aliphatic rings. The van der Waals surface area contributed by atoms with Gasteiger partial charge in [0, 0.05) is 32.0 Å². The third kappa shape index (κ3) is 48.8. The average Bonchev–Trinajstić information content (AvgIpc) is 0.801. The summed E-state index contributed by atoms with van der Waals surface area (Å²) in [5.41, 5.74) is 25.7. The summed E-state index contributed by atoms with van der Waals surface area (Å²) < 4.78 is 45.8. The topological polar surface area (TPSA) is 114 Å². The molecule has 0 aliphatic heterocycles. The highest BCUT2D eigenvalue weighted by atomic mass is 35.5. The van der Waals surface area contributed by atoms with E-state index in [0.717, 1.165) is 284 Å². The highest BCUT2D eigenvalue weighted by Crippen LogP contribution is 2.45. The number of hydrogen-bond donors (Lipinski definition) is 2. The maximum atomic E-state index is 11.1. The van der Waals surface area contributed by atoms with Crippen LogP contribution in [0.5, 0.6) is 46.0 Å². The smallest absolute Gasteiger partial charge is 0.125 e. The van der Waals surface area contributed by atoms with Gasteiger partial charge in [-0.1, -0.05) is 228 Å². The lowest BCUT2D eigenvalue weighted by atomic mass is 9.86. The molecule has 0 aromatic heterocycles. The first-order chi connectivity index (χ1) is 63.7. The van der Waals surface area contributed by atoms with Gasteiger partial charge in [0.25, 0.3) is 0 Å². The predicted octanol–water partition coefficient (Wildman–Crippen LogP) is 37.0. The van der Waals surface area contributed by atoms with Crippen LogP contribution in [-0.2, 0) is 25.7 Å². The molecule has 8 atom stereocenters.